The molecule has 3 saturated carbocycles. The molecule has 8 nitrogen and oxygen atoms in total. The van der Waals surface area contributed by atoms with Gasteiger partial charge in [0.2, 0.25) is 0 Å². The number of ketones is 1. The number of rotatable bonds is 5. The van der Waals surface area contributed by atoms with E-state index in [1.807, 2.05) is 6.20 Å². The van der Waals surface area contributed by atoms with Crippen LogP contribution in [0.3, 0.4) is 0 Å². The fourth-order valence-corrected chi connectivity index (χ4v) is 9.79. The van der Waals surface area contributed by atoms with Crippen molar-refractivity contribution < 1.29 is 18.7 Å². The highest BCUT2D eigenvalue weighted by atomic mass is 19.1. The molecule has 0 aromatic heterocycles. The zero-order chi connectivity index (χ0) is 27.5. The Morgan fingerprint density at radius 3 is 2.58 bits per heavy atom. The molecule has 0 spiro atoms. The van der Waals surface area contributed by atoms with Crippen molar-refractivity contribution in [1.82, 2.24) is 20.0 Å². The van der Waals surface area contributed by atoms with Gasteiger partial charge in [-0.3, -0.25) is 14.5 Å². The van der Waals surface area contributed by atoms with Crippen LogP contribution in [-0.4, -0.2) is 108 Å². The minimum Gasteiger partial charge on any atom is -0.371 e. The number of nitrogens with two attached hydrogens (primary N) is 1. The van der Waals surface area contributed by atoms with Crippen LogP contribution in [0.15, 0.2) is 11.8 Å². The molecule has 0 aromatic carbocycles. The standard InChI is InChI=1S/C31H48FN5O3/c1-35-11-4-7-21(35)8-10-34-31(39)22-17-37-24-13-18-5-2-3-6-19(18)14-25(24)40-26-15-23(32)28(27(29(26)37)30(22)38)36-12-9-20(33)16-36/h17-21,23-29H,2-16,33H2,1H3,(H,34,39)/t18?,19?,20-,21?,23?,24?,25?,26?,27?,28?,29?/m0/s1. The summed E-state index contributed by atoms with van der Waals surface area (Å²) in [5, 5.41) is 3.08. The number of fused-ring (bicyclic) bond motifs is 3. The first-order valence-electron chi connectivity index (χ1n) is 16.2. The Morgan fingerprint density at radius 1 is 1.05 bits per heavy atom. The molecule has 6 fully saturated rings. The molecule has 3 aliphatic carbocycles. The van der Waals surface area contributed by atoms with E-state index in [2.05, 4.69) is 27.1 Å². The lowest BCUT2D eigenvalue weighted by molar-refractivity contribution is -0.209. The zero-order valence-corrected chi connectivity index (χ0v) is 24.1. The third-order valence-corrected chi connectivity index (χ3v) is 11.8. The largest absolute Gasteiger partial charge is 0.371 e. The van der Waals surface area contributed by atoms with E-state index in [1.165, 1.54) is 32.1 Å². The summed E-state index contributed by atoms with van der Waals surface area (Å²) in [6, 6.07) is -0.156. The summed E-state index contributed by atoms with van der Waals surface area (Å²) in [6.45, 7) is 2.94. The lowest BCUT2D eigenvalue weighted by Gasteiger charge is -2.61. The second-order valence-electron chi connectivity index (χ2n) is 14.0. The Hall–Kier alpha value is -1.55. The number of nitrogens with zero attached hydrogens (tertiary/aromatic N) is 3. The van der Waals surface area contributed by atoms with E-state index in [4.69, 9.17) is 10.5 Å². The van der Waals surface area contributed by atoms with Gasteiger partial charge in [0.15, 0.2) is 5.78 Å². The van der Waals surface area contributed by atoms with Gasteiger partial charge in [0, 0.05) is 44.3 Å². The Bertz CT molecular complexity index is 1020. The van der Waals surface area contributed by atoms with E-state index < -0.39 is 18.1 Å². The molecule has 40 heavy (non-hydrogen) atoms. The fourth-order valence-electron chi connectivity index (χ4n) is 9.79. The molecule has 222 valence electrons. The average molecular weight is 558 g/mol. The van der Waals surface area contributed by atoms with Crippen molar-refractivity contribution in [3.05, 3.63) is 11.8 Å². The summed E-state index contributed by atoms with van der Waals surface area (Å²) in [4.78, 5) is 34.7. The number of alkyl halides is 1. The zero-order valence-electron chi connectivity index (χ0n) is 24.1. The van der Waals surface area contributed by atoms with Gasteiger partial charge in [0.05, 0.1) is 41.8 Å². The van der Waals surface area contributed by atoms with Crippen LogP contribution < -0.4 is 11.1 Å². The van der Waals surface area contributed by atoms with E-state index in [9.17, 15) is 9.59 Å². The number of likely N-dealkylation sites (tertiary alicyclic amines) is 2. The molecule has 0 radical (unpaired) electrons. The van der Waals surface area contributed by atoms with Gasteiger partial charge in [-0.2, -0.15) is 0 Å². The number of carbonyl (C=O) groups excluding carboxylic acids is 2. The predicted molar refractivity (Wildman–Crippen MR) is 150 cm³/mol. The highest BCUT2D eigenvalue weighted by Gasteiger charge is 2.61. The summed E-state index contributed by atoms with van der Waals surface area (Å²) in [6.07, 6.45) is 11.9. The molecule has 7 aliphatic rings. The highest BCUT2D eigenvalue weighted by Crippen LogP contribution is 2.51. The second-order valence-corrected chi connectivity index (χ2v) is 14.0. The Labute approximate surface area is 238 Å². The molecule has 4 aliphatic heterocycles. The number of morpholine rings is 1. The van der Waals surface area contributed by atoms with Gasteiger partial charge >= 0.3 is 0 Å². The average Bonchev–Trinajstić information content (AvgIpc) is 3.56. The molecular weight excluding hydrogens is 509 g/mol. The number of halogens is 1. The topological polar surface area (TPSA) is 91.1 Å². The number of hydrogen-bond donors (Lipinski definition) is 2. The van der Waals surface area contributed by atoms with Crippen LogP contribution >= 0.6 is 0 Å². The van der Waals surface area contributed by atoms with Gasteiger partial charge in [-0.1, -0.05) is 25.7 Å². The first-order valence-corrected chi connectivity index (χ1v) is 16.2. The van der Waals surface area contributed by atoms with Crippen molar-refractivity contribution >= 4 is 11.7 Å². The molecule has 9 heteroatoms. The van der Waals surface area contributed by atoms with Crippen molar-refractivity contribution in [3.8, 4) is 0 Å². The van der Waals surface area contributed by atoms with E-state index in [-0.39, 0.29) is 47.6 Å². The Balaban J connectivity index is 1.18. The summed E-state index contributed by atoms with van der Waals surface area (Å²) in [5.41, 5.74) is 6.47. The van der Waals surface area contributed by atoms with Crippen molar-refractivity contribution in [2.75, 3.05) is 33.2 Å². The second kappa shape index (κ2) is 10.9. The van der Waals surface area contributed by atoms with E-state index >= 15 is 4.39 Å². The third-order valence-electron chi connectivity index (χ3n) is 11.8. The van der Waals surface area contributed by atoms with Gasteiger partial charge < -0.3 is 25.6 Å². The number of carbonyl (C=O) groups is 2. The molecule has 0 aromatic rings. The van der Waals surface area contributed by atoms with Gasteiger partial charge in [-0.25, -0.2) is 4.39 Å². The number of ether oxygens (including phenoxy) is 1. The molecule has 3 saturated heterocycles. The lowest BCUT2D eigenvalue weighted by atomic mass is 9.64. The van der Waals surface area contributed by atoms with Gasteiger partial charge in [0.1, 0.15) is 6.17 Å². The van der Waals surface area contributed by atoms with Crippen LogP contribution in [0.25, 0.3) is 0 Å². The molecule has 7 rings (SSSR count). The maximum absolute atomic E-state index is 16.1. The normalized spacial score (nSPS) is 45.5. The quantitative estimate of drug-likeness (QED) is 0.501. The summed E-state index contributed by atoms with van der Waals surface area (Å²) >= 11 is 0. The maximum Gasteiger partial charge on any atom is 0.256 e. The molecule has 10 unspecified atom stereocenters. The molecule has 3 N–H and O–H groups in total. The monoisotopic (exact) mass is 557 g/mol. The number of Topliss-reactive ketones (excluding diaryl/α,β-unsaturated/α-hetero) is 1. The van der Waals surface area contributed by atoms with Crippen LogP contribution in [0.4, 0.5) is 4.39 Å². The predicted octanol–water partition coefficient (Wildman–Crippen LogP) is 2.22. The van der Waals surface area contributed by atoms with E-state index in [1.54, 1.807) is 0 Å². The molecule has 1 amide bonds. The van der Waals surface area contributed by atoms with Gasteiger partial charge in [-0.05, 0) is 64.0 Å². The summed E-state index contributed by atoms with van der Waals surface area (Å²) in [5.74, 6) is 0.231. The van der Waals surface area contributed by atoms with Crippen molar-refractivity contribution in [1.29, 1.82) is 0 Å². The van der Waals surface area contributed by atoms with Crippen molar-refractivity contribution in [3.63, 3.8) is 0 Å². The van der Waals surface area contributed by atoms with E-state index in [0.29, 0.717) is 43.9 Å². The first kappa shape index (κ1) is 27.3. The smallest absolute Gasteiger partial charge is 0.256 e. The molecule has 11 atom stereocenters. The maximum atomic E-state index is 16.1. The Kier molecular flexibility index (Phi) is 7.46. The lowest BCUT2D eigenvalue weighted by Crippen LogP contribution is -2.72. The summed E-state index contributed by atoms with van der Waals surface area (Å²) in [7, 11) is 2.14. The SMILES string of the molecule is CN1CCCC1CCNC(=O)C1=CN2C3CC4CCCCC4CC3OC3CC(F)C(N4CC[C@H](N)C4)C(C1=O)C32. The third kappa shape index (κ3) is 4.73. The number of amides is 1. The van der Waals surface area contributed by atoms with E-state index in [0.717, 1.165) is 38.6 Å². The van der Waals surface area contributed by atoms with Crippen LogP contribution in [-0.2, 0) is 14.3 Å². The molecule has 4 heterocycles. The van der Waals surface area contributed by atoms with Crippen molar-refractivity contribution in [2.45, 2.75) is 119 Å². The van der Waals surface area contributed by atoms with Gasteiger partial charge in [-0.15, -0.1) is 0 Å². The van der Waals surface area contributed by atoms with Crippen LogP contribution in [0.5, 0.6) is 0 Å². The molecular formula is C31H48FN5O3. The molecule has 0 bridgehead atoms. The minimum atomic E-state index is -1.18. The Morgan fingerprint density at radius 2 is 1.85 bits per heavy atom. The van der Waals surface area contributed by atoms with Crippen LogP contribution in [0, 0.1) is 17.8 Å². The van der Waals surface area contributed by atoms with Crippen molar-refractivity contribution in [2.24, 2.45) is 23.5 Å². The fraction of sp³-hybridized carbons (Fsp3) is 0.871. The number of nitrogens with one attached hydrogen (secondary N) is 1. The highest BCUT2D eigenvalue weighted by molar-refractivity contribution is 6.20. The van der Waals surface area contributed by atoms with Crippen LogP contribution in [0.2, 0.25) is 0 Å². The first-order chi connectivity index (χ1) is 19.4. The van der Waals surface area contributed by atoms with Gasteiger partial charge in [0.25, 0.3) is 5.91 Å². The number of hydrogen-bond acceptors (Lipinski definition) is 7. The summed E-state index contributed by atoms with van der Waals surface area (Å²) < 4.78 is 22.9. The minimum absolute atomic E-state index is 0.000291. The van der Waals surface area contributed by atoms with Crippen LogP contribution in [0.1, 0.15) is 70.6 Å².